The zero-order valence-corrected chi connectivity index (χ0v) is 14.9. The van der Waals surface area contributed by atoms with Crippen molar-refractivity contribution in [1.29, 1.82) is 0 Å². The van der Waals surface area contributed by atoms with Crippen molar-refractivity contribution >= 4 is 23.3 Å². The molecule has 10 heteroatoms. The van der Waals surface area contributed by atoms with Crippen LogP contribution in [-0.2, 0) is 0 Å². The third-order valence-electron chi connectivity index (χ3n) is 4.36. The van der Waals surface area contributed by atoms with Gasteiger partial charge in [0.15, 0.2) is 11.6 Å². The van der Waals surface area contributed by atoms with Crippen molar-refractivity contribution in [2.75, 3.05) is 31.1 Å². The van der Waals surface area contributed by atoms with Crippen molar-refractivity contribution in [3.05, 3.63) is 59.4 Å². The van der Waals surface area contributed by atoms with Crippen LogP contribution in [0.1, 0.15) is 10.4 Å². The second-order valence-corrected chi connectivity index (χ2v) is 6.37. The Bertz CT molecular complexity index is 920. The van der Waals surface area contributed by atoms with Gasteiger partial charge in [0.05, 0.1) is 10.6 Å². The van der Waals surface area contributed by atoms with E-state index in [2.05, 4.69) is 20.3 Å². The normalized spacial score (nSPS) is 14.4. The topological polar surface area (TPSA) is 80.0 Å². The molecule has 3 aromatic rings. The number of hydrogen-bond acceptors (Lipinski definition) is 6. The van der Waals surface area contributed by atoms with Crippen LogP contribution in [-0.4, -0.2) is 61.9 Å². The molecule has 3 heterocycles. The molecule has 0 unspecified atom stereocenters. The van der Waals surface area contributed by atoms with E-state index in [1.807, 2.05) is 11.0 Å². The summed E-state index contributed by atoms with van der Waals surface area (Å²) in [5.41, 5.74) is -0.0791. The summed E-state index contributed by atoms with van der Waals surface area (Å²) < 4.78 is 15.5. The van der Waals surface area contributed by atoms with E-state index in [-0.39, 0.29) is 10.6 Å². The first-order chi connectivity index (χ1) is 13.1. The van der Waals surface area contributed by atoms with Crippen LogP contribution in [0.4, 0.5) is 10.2 Å². The number of piperazine rings is 1. The quantitative estimate of drug-likeness (QED) is 0.682. The summed E-state index contributed by atoms with van der Waals surface area (Å²) in [4.78, 5) is 20.1. The van der Waals surface area contributed by atoms with E-state index in [0.717, 1.165) is 0 Å². The number of nitrogens with zero attached hydrogens (tertiary/aromatic N) is 7. The van der Waals surface area contributed by atoms with Crippen LogP contribution in [0.2, 0.25) is 5.02 Å². The number of benzene rings is 1. The van der Waals surface area contributed by atoms with Gasteiger partial charge in [0.2, 0.25) is 0 Å². The summed E-state index contributed by atoms with van der Waals surface area (Å²) in [5.74, 6) is 0.268. The molecule has 1 aliphatic rings. The van der Waals surface area contributed by atoms with Gasteiger partial charge in [-0.25, -0.2) is 14.1 Å². The summed E-state index contributed by atoms with van der Waals surface area (Å²) >= 11 is 6.00. The molecule has 1 saturated heterocycles. The molecule has 1 aromatic carbocycles. The number of carbonyl (C=O) groups excluding carboxylic acids is 1. The molecule has 0 spiro atoms. The first kappa shape index (κ1) is 17.3. The number of carbonyl (C=O) groups is 1. The zero-order valence-electron chi connectivity index (χ0n) is 14.2. The smallest absolute Gasteiger partial charge is 0.258 e. The summed E-state index contributed by atoms with van der Waals surface area (Å²) in [6, 6.07) is 7.87. The van der Waals surface area contributed by atoms with E-state index in [9.17, 15) is 9.18 Å². The molecule has 0 saturated carbocycles. The maximum Gasteiger partial charge on any atom is 0.258 e. The van der Waals surface area contributed by atoms with Gasteiger partial charge >= 0.3 is 0 Å². The lowest BCUT2D eigenvalue weighted by Gasteiger charge is -2.35. The van der Waals surface area contributed by atoms with E-state index < -0.39 is 11.7 Å². The van der Waals surface area contributed by atoms with Gasteiger partial charge in [0, 0.05) is 26.2 Å². The van der Waals surface area contributed by atoms with E-state index in [1.54, 1.807) is 17.3 Å². The third kappa shape index (κ3) is 3.45. The molecule has 138 valence electrons. The average molecular weight is 388 g/mol. The van der Waals surface area contributed by atoms with Crippen molar-refractivity contribution < 1.29 is 9.18 Å². The van der Waals surface area contributed by atoms with Crippen molar-refractivity contribution in [2.24, 2.45) is 0 Å². The van der Waals surface area contributed by atoms with Crippen LogP contribution in [0, 0.1) is 5.82 Å². The van der Waals surface area contributed by atoms with Crippen LogP contribution in [0.5, 0.6) is 0 Å². The predicted octanol–water partition coefficient (Wildman–Crippen LogP) is 1.81. The molecular weight excluding hydrogens is 373 g/mol. The predicted molar refractivity (Wildman–Crippen MR) is 96.5 cm³/mol. The Kier molecular flexibility index (Phi) is 4.68. The molecule has 2 aromatic heterocycles. The number of aromatic nitrogens is 5. The summed E-state index contributed by atoms with van der Waals surface area (Å²) in [6.45, 7) is 2.01. The molecule has 27 heavy (non-hydrogen) atoms. The van der Waals surface area contributed by atoms with E-state index in [0.29, 0.717) is 37.8 Å². The monoisotopic (exact) mass is 387 g/mol. The van der Waals surface area contributed by atoms with Gasteiger partial charge in [-0.1, -0.05) is 17.7 Å². The second-order valence-electron chi connectivity index (χ2n) is 5.97. The minimum atomic E-state index is -0.607. The molecule has 1 amide bonds. The highest BCUT2D eigenvalue weighted by Crippen LogP contribution is 2.22. The lowest BCUT2D eigenvalue weighted by molar-refractivity contribution is 0.0742. The zero-order chi connectivity index (χ0) is 18.8. The minimum absolute atomic E-state index is 0.0791. The molecule has 0 radical (unpaired) electrons. The second kappa shape index (κ2) is 7.28. The lowest BCUT2D eigenvalue weighted by atomic mass is 10.1. The van der Waals surface area contributed by atoms with Crippen molar-refractivity contribution in [1.82, 2.24) is 29.9 Å². The highest BCUT2D eigenvalue weighted by Gasteiger charge is 2.26. The van der Waals surface area contributed by atoms with Gasteiger partial charge < -0.3 is 9.80 Å². The molecule has 4 rings (SSSR count). The highest BCUT2D eigenvalue weighted by molar-refractivity contribution is 6.33. The van der Waals surface area contributed by atoms with Gasteiger partial charge in [-0.15, -0.1) is 10.2 Å². The molecule has 0 atom stereocenters. The number of anilines is 1. The Morgan fingerprint density at radius 1 is 1.04 bits per heavy atom. The first-order valence-electron chi connectivity index (χ1n) is 8.30. The molecule has 0 bridgehead atoms. The number of amides is 1. The standard InChI is InChI=1S/C17H15ClFN7O/c18-12-2-1-3-13(19)16(12)17(27)25-8-6-24(7-9-25)14-4-5-15(23-22-14)26-11-20-10-21-26/h1-5,10-11H,6-9H2. The maximum absolute atomic E-state index is 14.0. The minimum Gasteiger partial charge on any atom is -0.352 e. The van der Waals surface area contributed by atoms with Crippen LogP contribution in [0.3, 0.4) is 0 Å². The summed E-state index contributed by atoms with van der Waals surface area (Å²) in [6.07, 6.45) is 2.97. The fourth-order valence-electron chi connectivity index (χ4n) is 2.93. The van der Waals surface area contributed by atoms with Crippen LogP contribution in [0.25, 0.3) is 5.82 Å². The number of halogens is 2. The van der Waals surface area contributed by atoms with Gasteiger partial charge in [-0.2, -0.15) is 5.10 Å². The molecular formula is C17H15ClFN7O. The number of rotatable bonds is 3. The molecule has 0 aliphatic carbocycles. The fraction of sp³-hybridized carbons (Fsp3) is 0.235. The molecule has 0 N–H and O–H groups in total. The van der Waals surface area contributed by atoms with Crippen LogP contribution < -0.4 is 4.90 Å². The molecule has 1 fully saturated rings. The van der Waals surface area contributed by atoms with Crippen LogP contribution >= 0.6 is 11.6 Å². The summed E-state index contributed by atoms with van der Waals surface area (Å²) in [5, 5.41) is 12.5. The Morgan fingerprint density at radius 2 is 1.78 bits per heavy atom. The third-order valence-corrected chi connectivity index (χ3v) is 4.67. The van der Waals surface area contributed by atoms with Gasteiger partial charge in [-0.05, 0) is 24.3 Å². The average Bonchev–Trinajstić information content (AvgIpc) is 3.23. The fourth-order valence-corrected chi connectivity index (χ4v) is 3.18. The molecule has 8 nitrogen and oxygen atoms in total. The molecule has 1 aliphatic heterocycles. The van der Waals surface area contributed by atoms with E-state index in [1.165, 1.54) is 29.2 Å². The Labute approximate surface area is 159 Å². The Morgan fingerprint density at radius 3 is 2.41 bits per heavy atom. The van der Waals surface area contributed by atoms with Gasteiger partial charge in [0.1, 0.15) is 18.5 Å². The van der Waals surface area contributed by atoms with Gasteiger partial charge in [0.25, 0.3) is 5.91 Å². The van der Waals surface area contributed by atoms with Crippen molar-refractivity contribution in [3.8, 4) is 5.82 Å². The Balaban J connectivity index is 1.42. The SMILES string of the molecule is O=C(c1c(F)cccc1Cl)N1CCN(c2ccc(-n3cncn3)nn2)CC1. The summed E-state index contributed by atoms with van der Waals surface area (Å²) in [7, 11) is 0. The van der Waals surface area contributed by atoms with Crippen molar-refractivity contribution in [3.63, 3.8) is 0 Å². The van der Waals surface area contributed by atoms with Crippen molar-refractivity contribution in [2.45, 2.75) is 0 Å². The van der Waals surface area contributed by atoms with E-state index in [4.69, 9.17) is 11.6 Å². The van der Waals surface area contributed by atoms with E-state index >= 15 is 0 Å². The highest BCUT2D eigenvalue weighted by atomic mass is 35.5. The van der Waals surface area contributed by atoms with Crippen LogP contribution in [0.15, 0.2) is 43.0 Å². The number of hydrogen-bond donors (Lipinski definition) is 0. The lowest BCUT2D eigenvalue weighted by Crippen LogP contribution is -2.49. The van der Waals surface area contributed by atoms with Gasteiger partial charge in [-0.3, -0.25) is 4.79 Å². The Hall–Kier alpha value is -3.07. The largest absolute Gasteiger partial charge is 0.352 e. The first-order valence-corrected chi connectivity index (χ1v) is 8.68. The maximum atomic E-state index is 14.0.